The number of carbonyl (C=O) groups is 3. The zero-order chi connectivity index (χ0) is 15.8. The second-order valence-corrected chi connectivity index (χ2v) is 4.49. The number of rotatable bonds is 7. The Bertz CT molecular complexity index is 533. The number of hydrogen-bond donors (Lipinski definition) is 4. The van der Waals surface area contributed by atoms with Gasteiger partial charge in [0.25, 0.3) is 0 Å². The molecule has 1 rings (SSSR count). The van der Waals surface area contributed by atoms with Crippen molar-refractivity contribution in [3.8, 4) is 0 Å². The Morgan fingerprint density at radius 2 is 2.14 bits per heavy atom. The fourth-order valence-electron chi connectivity index (χ4n) is 1.62. The number of pyridine rings is 1. The molecule has 0 aliphatic rings. The number of primary amides is 1. The predicted molar refractivity (Wildman–Crippen MR) is 74.2 cm³/mol. The van der Waals surface area contributed by atoms with E-state index in [4.69, 9.17) is 10.8 Å². The molecule has 0 aromatic carbocycles. The van der Waals surface area contributed by atoms with Crippen molar-refractivity contribution in [1.29, 1.82) is 0 Å². The minimum Gasteiger partial charge on any atom is -0.480 e. The average Bonchev–Trinajstić information content (AvgIpc) is 2.42. The van der Waals surface area contributed by atoms with E-state index in [0.717, 1.165) is 5.56 Å². The summed E-state index contributed by atoms with van der Waals surface area (Å²) in [5.74, 6) is -1.84. The topological polar surface area (TPSA) is 134 Å². The summed E-state index contributed by atoms with van der Waals surface area (Å²) in [4.78, 5) is 37.4. The second-order valence-electron chi connectivity index (χ2n) is 4.49. The van der Waals surface area contributed by atoms with Crippen molar-refractivity contribution in [3.63, 3.8) is 0 Å². The summed E-state index contributed by atoms with van der Waals surface area (Å²) in [6.45, 7) is 2.04. The van der Waals surface area contributed by atoms with E-state index in [9.17, 15) is 14.4 Å². The van der Waals surface area contributed by atoms with Crippen molar-refractivity contribution in [2.24, 2.45) is 5.73 Å². The Morgan fingerprint density at radius 3 is 2.71 bits per heavy atom. The molecule has 3 amide bonds. The molecular formula is C13H18N4O4. The largest absolute Gasteiger partial charge is 0.480 e. The van der Waals surface area contributed by atoms with Crippen LogP contribution in [0.15, 0.2) is 18.3 Å². The van der Waals surface area contributed by atoms with Gasteiger partial charge in [-0.3, -0.25) is 9.78 Å². The van der Waals surface area contributed by atoms with Gasteiger partial charge >= 0.3 is 12.0 Å². The van der Waals surface area contributed by atoms with E-state index in [1.807, 2.05) is 13.0 Å². The number of carboxylic acid groups (broad SMARTS) is 1. The number of carboxylic acids is 1. The molecule has 0 saturated heterocycles. The molecule has 1 atom stereocenters. The van der Waals surface area contributed by atoms with Crippen LogP contribution < -0.4 is 16.4 Å². The number of amides is 3. The first-order valence-corrected chi connectivity index (χ1v) is 6.36. The van der Waals surface area contributed by atoms with Crippen molar-refractivity contribution in [3.05, 3.63) is 29.6 Å². The van der Waals surface area contributed by atoms with Crippen LogP contribution in [0, 0.1) is 6.92 Å². The first kappa shape index (κ1) is 16.4. The summed E-state index contributed by atoms with van der Waals surface area (Å²) in [7, 11) is 0. The highest BCUT2D eigenvalue weighted by molar-refractivity contribution is 5.83. The molecule has 0 unspecified atom stereocenters. The van der Waals surface area contributed by atoms with Crippen LogP contribution in [0.3, 0.4) is 0 Å². The van der Waals surface area contributed by atoms with Gasteiger partial charge in [0.05, 0.1) is 12.2 Å². The highest BCUT2D eigenvalue weighted by Crippen LogP contribution is 2.02. The SMILES string of the molecule is Cc1cccnc1CNC(=O)N[C@H](CCC(N)=O)C(=O)O. The Balaban J connectivity index is 2.49. The fourth-order valence-corrected chi connectivity index (χ4v) is 1.62. The third-order valence-corrected chi connectivity index (χ3v) is 2.82. The van der Waals surface area contributed by atoms with E-state index in [0.29, 0.717) is 5.69 Å². The zero-order valence-corrected chi connectivity index (χ0v) is 11.6. The number of aryl methyl sites for hydroxylation is 1. The van der Waals surface area contributed by atoms with Crippen LogP contribution >= 0.6 is 0 Å². The molecule has 5 N–H and O–H groups in total. The summed E-state index contributed by atoms with van der Waals surface area (Å²) >= 11 is 0. The maximum atomic E-state index is 11.7. The average molecular weight is 294 g/mol. The monoisotopic (exact) mass is 294 g/mol. The molecular weight excluding hydrogens is 276 g/mol. The molecule has 8 nitrogen and oxygen atoms in total. The van der Waals surface area contributed by atoms with Gasteiger partial charge in [-0.1, -0.05) is 6.07 Å². The highest BCUT2D eigenvalue weighted by Gasteiger charge is 2.20. The number of nitrogens with zero attached hydrogens (tertiary/aromatic N) is 1. The van der Waals surface area contributed by atoms with E-state index in [1.54, 1.807) is 12.3 Å². The Morgan fingerprint density at radius 1 is 1.43 bits per heavy atom. The Labute approximate surface area is 121 Å². The van der Waals surface area contributed by atoms with Crippen LogP contribution in [-0.4, -0.2) is 34.0 Å². The minimum atomic E-state index is -1.22. The van der Waals surface area contributed by atoms with Crippen molar-refractivity contribution >= 4 is 17.9 Å². The lowest BCUT2D eigenvalue weighted by Gasteiger charge is -2.14. The van der Waals surface area contributed by atoms with Gasteiger partial charge in [-0.2, -0.15) is 0 Å². The summed E-state index contributed by atoms with van der Waals surface area (Å²) in [5.41, 5.74) is 6.56. The number of aromatic nitrogens is 1. The van der Waals surface area contributed by atoms with E-state index < -0.39 is 23.9 Å². The molecule has 1 aromatic rings. The maximum absolute atomic E-state index is 11.7. The van der Waals surface area contributed by atoms with Crippen LogP contribution in [0.4, 0.5) is 4.79 Å². The molecule has 0 aliphatic carbocycles. The molecule has 8 heteroatoms. The van der Waals surface area contributed by atoms with Crippen molar-refractivity contribution in [2.45, 2.75) is 32.4 Å². The van der Waals surface area contributed by atoms with Gasteiger partial charge in [0, 0.05) is 12.6 Å². The van der Waals surface area contributed by atoms with Crippen LogP contribution in [-0.2, 0) is 16.1 Å². The summed E-state index contributed by atoms with van der Waals surface area (Å²) in [6, 6.07) is 1.83. The third kappa shape index (κ3) is 5.89. The van der Waals surface area contributed by atoms with Gasteiger partial charge in [-0.15, -0.1) is 0 Å². The smallest absolute Gasteiger partial charge is 0.326 e. The lowest BCUT2D eigenvalue weighted by atomic mass is 10.1. The Kier molecular flexibility index (Phi) is 6.12. The zero-order valence-electron chi connectivity index (χ0n) is 11.6. The standard InChI is InChI=1S/C13H18N4O4/c1-8-3-2-6-15-10(8)7-16-13(21)17-9(12(19)20)4-5-11(14)18/h2-3,6,9H,4-5,7H2,1H3,(H2,14,18)(H,19,20)(H2,16,17,21)/t9-/m1/s1. The summed E-state index contributed by atoms with van der Waals surface area (Å²) in [5, 5.41) is 13.8. The van der Waals surface area contributed by atoms with Crippen molar-refractivity contribution < 1.29 is 19.5 Å². The van der Waals surface area contributed by atoms with Gasteiger partial charge in [0.15, 0.2) is 0 Å². The van der Waals surface area contributed by atoms with Crippen LogP contribution in [0.2, 0.25) is 0 Å². The minimum absolute atomic E-state index is 0.0549. The quantitative estimate of drug-likeness (QED) is 0.557. The Hall–Kier alpha value is -2.64. The van der Waals surface area contributed by atoms with Crippen LogP contribution in [0.1, 0.15) is 24.1 Å². The number of aliphatic carboxylic acids is 1. The molecule has 114 valence electrons. The van der Waals surface area contributed by atoms with Crippen LogP contribution in [0.25, 0.3) is 0 Å². The van der Waals surface area contributed by atoms with Crippen molar-refractivity contribution in [1.82, 2.24) is 15.6 Å². The highest BCUT2D eigenvalue weighted by atomic mass is 16.4. The molecule has 0 bridgehead atoms. The third-order valence-electron chi connectivity index (χ3n) is 2.82. The number of nitrogens with one attached hydrogen (secondary N) is 2. The number of urea groups is 1. The summed E-state index contributed by atoms with van der Waals surface area (Å²) in [6.07, 6.45) is 1.44. The van der Waals surface area contributed by atoms with Crippen molar-refractivity contribution in [2.75, 3.05) is 0 Å². The van der Waals surface area contributed by atoms with Gasteiger partial charge < -0.3 is 21.5 Å². The molecule has 21 heavy (non-hydrogen) atoms. The van der Waals surface area contributed by atoms with Gasteiger partial charge in [0.1, 0.15) is 6.04 Å². The maximum Gasteiger partial charge on any atom is 0.326 e. The van der Waals surface area contributed by atoms with Crippen LogP contribution in [0.5, 0.6) is 0 Å². The number of nitrogens with two attached hydrogens (primary N) is 1. The number of carbonyl (C=O) groups excluding carboxylic acids is 2. The second kappa shape index (κ2) is 7.83. The molecule has 0 spiro atoms. The first-order valence-electron chi connectivity index (χ1n) is 6.36. The summed E-state index contributed by atoms with van der Waals surface area (Å²) < 4.78 is 0. The first-order chi connectivity index (χ1) is 9.90. The van der Waals surface area contributed by atoms with E-state index in [-0.39, 0.29) is 19.4 Å². The lowest BCUT2D eigenvalue weighted by molar-refractivity contribution is -0.139. The van der Waals surface area contributed by atoms with E-state index in [1.165, 1.54) is 0 Å². The molecule has 0 saturated carbocycles. The lowest BCUT2D eigenvalue weighted by Crippen LogP contribution is -2.46. The predicted octanol–water partition coefficient (Wildman–Crippen LogP) is -0.0921. The molecule has 0 radical (unpaired) electrons. The van der Waals surface area contributed by atoms with Gasteiger partial charge in [0.2, 0.25) is 5.91 Å². The van der Waals surface area contributed by atoms with Gasteiger partial charge in [-0.05, 0) is 25.0 Å². The van der Waals surface area contributed by atoms with E-state index in [2.05, 4.69) is 15.6 Å². The molecule has 1 aromatic heterocycles. The molecule has 1 heterocycles. The normalized spacial score (nSPS) is 11.5. The van der Waals surface area contributed by atoms with E-state index >= 15 is 0 Å². The van der Waals surface area contributed by atoms with Gasteiger partial charge in [-0.25, -0.2) is 9.59 Å². The molecule has 0 fully saturated rings. The molecule has 0 aliphatic heterocycles. The fraction of sp³-hybridized carbons (Fsp3) is 0.385. The number of hydrogen-bond acceptors (Lipinski definition) is 4.